The molecule has 0 aromatic carbocycles. The van der Waals surface area contributed by atoms with Gasteiger partial charge in [-0.3, -0.25) is 4.79 Å². The molecule has 18 heteroatoms. The van der Waals surface area contributed by atoms with Gasteiger partial charge >= 0.3 is 0 Å². The molecule has 0 amide bonds. The van der Waals surface area contributed by atoms with Crippen molar-refractivity contribution < 1.29 is 89.0 Å². The number of carbonyl (C=O) groups excluding carboxylic acids is 1. The van der Waals surface area contributed by atoms with Crippen LogP contribution in [0.4, 0.5) is 0 Å². The fourth-order valence-corrected chi connectivity index (χ4v) is 13.9. The first kappa shape index (κ1) is 48.4. The van der Waals surface area contributed by atoms with Crippen molar-refractivity contribution >= 4 is 5.78 Å². The Hall–Kier alpha value is -1.01. The molecule has 8 aliphatic rings. The van der Waals surface area contributed by atoms with Crippen LogP contribution in [0.2, 0.25) is 0 Å². The molecule has 0 spiro atoms. The third-order valence-corrected chi connectivity index (χ3v) is 17.7. The van der Waals surface area contributed by atoms with Crippen LogP contribution in [0.25, 0.3) is 0 Å². The van der Waals surface area contributed by atoms with Crippen LogP contribution in [-0.2, 0) is 38.0 Å². The zero-order valence-corrected chi connectivity index (χ0v) is 37.4. The summed E-state index contributed by atoms with van der Waals surface area (Å²) in [6, 6.07) is 0. The number of Topliss-reactive ketones (excluding diaryl/α,β-unsaturated/α-hetero) is 1. The fraction of sp³-hybridized carbons (Fsp3) is 0.978. The molecule has 0 aromatic rings. The summed E-state index contributed by atoms with van der Waals surface area (Å²) in [5, 5.41) is 107. The molecule has 0 unspecified atom stereocenters. The van der Waals surface area contributed by atoms with Gasteiger partial charge in [0.1, 0.15) is 66.8 Å². The molecule has 4 aliphatic heterocycles. The van der Waals surface area contributed by atoms with Gasteiger partial charge in [0.2, 0.25) is 0 Å². The summed E-state index contributed by atoms with van der Waals surface area (Å²) in [6.07, 6.45) is -15.0. The summed E-state index contributed by atoms with van der Waals surface area (Å²) in [4.78, 5) is 13.2. The second-order valence-corrected chi connectivity index (χ2v) is 21.4. The minimum Gasteiger partial charge on any atom is -0.394 e. The molecule has 4 saturated carbocycles. The van der Waals surface area contributed by atoms with Crippen molar-refractivity contribution in [3.63, 3.8) is 0 Å². The van der Waals surface area contributed by atoms with Crippen LogP contribution in [0.15, 0.2) is 0 Å². The van der Waals surface area contributed by atoms with Gasteiger partial charge in [-0.05, 0) is 98.7 Å². The van der Waals surface area contributed by atoms with E-state index in [0.717, 1.165) is 25.7 Å². The van der Waals surface area contributed by atoms with E-state index in [1.54, 1.807) is 6.92 Å². The van der Waals surface area contributed by atoms with Crippen LogP contribution in [0.5, 0.6) is 0 Å². The zero-order valence-electron chi connectivity index (χ0n) is 37.4. The number of ketones is 1. The fourth-order valence-electron chi connectivity index (χ4n) is 13.9. The molecular formula is C45H74O18. The number of hydrogen-bond donors (Lipinski definition) is 10. The van der Waals surface area contributed by atoms with Crippen molar-refractivity contribution in [3.05, 3.63) is 0 Å². The molecule has 0 radical (unpaired) electrons. The van der Waals surface area contributed by atoms with Crippen LogP contribution in [-0.4, -0.2) is 180 Å². The molecule has 8 fully saturated rings. The minimum absolute atomic E-state index is 0.0791. The minimum atomic E-state index is -1.65. The Balaban J connectivity index is 0.946. The van der Waals surface area contributed by atoms with Gasteiger partial charge in [0, 0.05) is 25.2 Å². The van der Waals surface area contributed by atoms with Gasteiger partial charge in [-0.2, -0.15) is 0 Å². The molecule has 8 rings (SSSR count). The largest absolute Gasteiger partial charge is 0.394 e. The lowest BCUT2D eigenvalue weighted by molar-refractivity contribution is -0.362. The number of fused-ring (bicyclic) bond motifs is 7. The first-order valence-corrected chi connectivity index (χ1v) is 23.5. The highest BCUT2D eigenvalue weighted by atomic mass is 16.7. The molecular weight excluding hydrogens is 828 g/mol. The van der Waals surface area contributed by atoms with Crippen molar-refractivity contribution in [1.29, 1.82) is 0 Å². The van der Waals surface area contributed by atoms with E-state index in [1.165, 1.54) is 6.92 Å². The van der Waals surface area contributed by atoms with Gasteiger partial charge in [-0.1, -0.05) is 27.7 Å². The van der Waals surface area contributed by atoms with E-state index in [4.69, 9.17) is 33.2 Å². The van der Waals surface area contributed by atoms with Crippen LogP contribution >= 0.6 is 0 Å². The maximum absolute atomic E-state index is 13.2. The summed E-state index contributed by atoms with van der Waals surface area (Å²) in [5.41, 5.74) is -0.407. The molecule has 10 N–H and O–H groups in total. The summed E-state index contributed by atoms with van der Waals surface area (Å²) < 4.78 is 42.6. The number of carbonyl (C=O) groups is 1. The van der Waals surface area contributed by atoms with Gasteiger partial charge in [0.25, 0.3) is 0 Å². The van der Waals surface area contributed by atoms with Gasteiger partial charge in [-0.15, -0.1) is 0 Å². The second-order valence-electron chi connectivity index (χ2n) is 21.4. The highest BCUT2D eigenvalue weighted by Crippen LogP contribution is 2.71. The number of aliphatic hydroxyl groups is 10. The second kappa shape index (κ2) is 18.1. The van der Waals surface area contributed by atoms with Crippen LogP contribution in [0, 0.1) is 52.3 Å². The van der Waals surface area contributed by atoms with E-state index >= 15 is 0 Å². The van der Waals surface area contributed by atoms with E-state index in [-0.39, 0.29) is 64.8 Å². The molecule has 4 heterocycles. The Morgan fingerprint density at radius 2 is 1.38 bits per heavy atom. The van der Waals surface area contributed by atoms with Crippen molar-refractivity contribution in [2.75, 3.05) is 13.2 Å². The monoisotopic (exact) mass is 902 g/mol. The Morgan fingerprint density at radius 3 is 2.08 bits per heavy atom. The highest BCUT2D eigenvalue weighted by Gasteiger charge is 2.69. The smallest absolute Gasteiger partial charge is 0.187 e. The Kier molecular flexibility index (Phi) is 14.0. The van der Waals surface area contributed by atoms with Gasteiger partial charge < -0.3 is 84.2 Å². The Labute approximate surface area is 369 Å². The molecule has 0 aromatic heterocycles. The first-order chi connectivity index (χ1) is 29.6. The van der Waals surface area contributed by atoms with E-state index in [9.17, 15) is 55.9 Å². The van der Waals surface area contributed by atoms with E-state index in [0.29, 0.717) is 38.0 Å². The van der Waals surface area contributed by atoms with Crippen molar-refractivity contribution in [3.8, 4) is 0 Å². The lowest BCUT2D eigenvalue weighted by Gasteiger charge is -2.62. The van der Waals surface area contributed by atoms with Crippen LogP contribution in [0.1, 0.15) is 99.3 Å². The third-order valence-electron chi connectivity index (χ3n) is 17.7. The Morgan fingerprint density at radius 1 is 0.730 bits per heavy atom. The molecule has 4 aliphatic carbocycles. The molecule has 18 nitrogen and oxygen atoms in total. The standard InChI is InChI=1S/C45H74O18/c1-18(17-57-40-36(53)35(52)33(50)29(16-46)61-40)7-12-45(56)19(2)30-28(63-45)15-25-23-14-27(26-13-22(47)8-10-43(26,5)24(23)9-11-44(25,30)6)60-42-38(55)39(32(49)21(4)59-42)62-41-37(54)34(51)31(48)20(3)58-41/h18-21,23-42,46,48-56H,7-17H2,1-6H3/t18-,19-,20-,21+,23+,24-,25-,26+,27-,28-,29+,30-,31-,32+,33+,34+,35-,36+,37+,38+,39-,40+,41-,42-,43+,44-,45+/m0/s1. The highest BCUT2D eigenvalue weighted by molar-refractivity contribution is 5.79. The van der Waals surface area contributed by atoms with Crippen molar-refractivity contribution in [2.24, 2.45) is 52.3 Å². The normalized spacial score (nSPS) is 56.3. The molecule has 4 saturated heterocycles. The lowest BCUT2D eigenvalue weighted by Crippen LogP contribution is -2.64. The predicted octanol–water partition coefficient (Wildman–Crippen LogP) is -0.545. The summed E-state index contributed by atoms with van der Waals surface area (Å²) in [7, 11) is 0. The number of ether oxygens (including phenoxy) is 7. The van der Waals surface area contributed by atoms with Crippen molar-refractivity contribution in [1.82, 2.24) is 0 Å². The SMILES string of the molecule is C[C@@H](CC[C@@]1(O)O[C@H]2C[C@H]3[C@@H]4C[C@H](O[C@@H]5O[C@H](C)[C@@H](O)[C@H](O[C@@H]6O[C@@H](C)[C@H](O)[C@@H](O)[C@H]6O)[C@H]5O)[C@H]5CC(=O)CC[C@]5(C)[C@H]4CC[C@]3(C)[C@H]2[C@@H]1C)CO[C@@H]1O[C@H](CO)[C@@H](O)[C@H](O)[C@H]1O. The average molecular weight is 903 g/mol. The maximum Gasteiger partial charge on any atom is 0.187 e. The number of hydrogen-bond acceptors (Lipinski definition) is 18. The lowest BCUT2D eigenvalue weighted by atomic mass is 9.43. The molecule has 362 valence electrons. The zero-order chi connectivity index (χ0) is 45.7. The van der Waals surface area contributed by atoms with Crippen LogP contribution in [0.3, 0.4) is 0 Å². The van der Waals surface area contributed by atoms with Gasteiger partial charge in [0.05, 0.1) is 37.6 Å². The predicted molar refractivity (Wildman–Crippen MR) is 217 cm³/mol. The van der Waals surface area contributed by atoms with Gasteiger partial charge in [0.15, 0.2) is 24.7 Å². The number of rotatable bonds is 11. The molecule has 0 bridgehead atoms. The van der Waals surface area contributed by atoms with Crippen LogP contribution < -0.4 is 0 Å². The van der Waals surface area contributed by atoms with Crippen molar-refractivity contribution in [2.45, 2.75) is 209 Å². The summed E-state index contributed by atoms with van der Waals surface area (Å²) in [6.45, 7) is 11.4. The van der Waals surface area contributed by atoms with E-state index in [1.807, 2.05) is 6.92 Å². The maximum atomic E-state index is 13.2. The first-order valence-electron chi connectivity index (χ1n) is 23.5. The quantitative estimate of drug-likeness (QED) is 0.117. The topological polar surface area (TPSA) is 284 Å². The van der Waals surface area contributed by atoms with E-state index in [2.05, 4.69) is 20.8 Å². The molecule has 27 atom stereocenters. The molecule has 63 heavy (non-hydrogen) atoms. The third kappa shape index (κ3) is 8.40. The summed E-state index contributed by atoms with van der Waals surface area (Å²) >= 11 is 0. The Bertz CT molecular complexity index is 1610. The van der Waals surface area contributed by atoms with E-state index < -0.39 is 111 Å². The van der Waals surface area contributed by atoms with Gasteiger partial charge in [-0.25, -0.2) is 0 Å². The number of aliphatic hydroxyl groups excluding tert-OH is 9. The average Bonchev–Trinajstić information content (AvgIpc) is 3.68. The summed E-state index contributed by atoms with van der Waals surface area (Å²) in [5.74, 6) is -0.816.